The fourth-order valence-electron chi connectivity index (χ4n) is 2.11. The molecule has 0 bridgehead atoms. The average Bonchev–Trinajstić information content (AvgIpc) is 2.64. The molecule has 0 aromatic carbocycles. The Hall–Kier alpha value is -1.59. The molecular formula is C12H14ClN3O4. The number of terminal acetylenes is 1. The second-order valence-corrected chi connectivity index (χ2v) is 5.22. The van der Waals surface area contributed by atoms with E-state index in [0.717, 1.165) is 4.57 Å². The predicted octanol–water partition coefficient (Wildman–Crippen LogP) is -0.925. The van der Waals surface area contributed by atoms with Crippen molar-refractivity contribution in [3.63, 3.8) is 0 Å². The first-order chi connectivity index (χ1) is 9.31. The lowest BCUT2D eigenvalue weighted by Gasteiger charge is -2.25. The third-order valence-corrected chi connectivity index (χ3v) is 3.71. The van der Waals surface area contributed by atoms with E-state index in [1.54, 1.807) is 0 Å². The van der Waals surface area contributed by atoms with Crippen LogP contribution in [0.4, 0.5) is 5.82 Å². The summed E-state index contributed by atoms with van der Waals surface area (Å²) in [5, 5.41) is 19.7. The van der Waals surface area contributed by atoms with Crippen molar-refractivity contribution in [2.45, 2.75) is 36.3 Å². The van der Waals surface area contributed by atoms with Crippen LogP contribution in [0.2, 0.25) is 0 Å². The lowest BCUT2D eigenvalue weighted by atomic mass is 9.97. The average molecular weight is 300 g/mol. The number of nitrogens with zero attached hydrogens (tertiary/aromatic N) is 2. The molecule has 2 heterocycles. The molecule has 1 aliphatic heterocycles. The van der Waals surface area contributed by atoms with Gasteiger partial charge >= 0.3 is 5.69 Å². The fourth-order valence-corrected chi connectivity index (χ4v) is 2.39. The van der Waals surface area contributed by atoms with E-state index in [1.165, 1.54) is 19.2 Å². The molecule has 5 atom stereocenters. The molecule has 0 radical (unpaired) electrons. The number of hydrogen-bond acceptors (Lipinski definition) is 6. The van der Waals surface area contributed by atoms with E-state index in [1.807, 2.05) is 0 Å². The van der Waals surface area contributed by atoms with Crippen LogP contribution in [0.1, 0.15) is 13.2 Å². The Kier molecular flexibility index (Phi) is 3.75. The molecule has 0 saturated carbocycles. The summed E-state index contributed by atoms with van der Waals surface area (Å²) in [5.41, 5.74) is 4.69. The second kappa shape index (κ2) is 5.07. The summed E-state index contributed by atoms with van der Waals surface area (Å²) in [6, 6.07) is 1.38. The molecule has 1 saturated heterocycles. The van der Waals surface area contributed by atoms with Crippen molar-refractivity contribution in [3.05, 3.63) is 22.7 Å². The minimum absolute atomic E-state index is 0.0396. The first-order valence-corrected chi connectivity index (χ1v) is 6.22. The molecule has 1 aromatic heterocycles. The number of halogens is 1. The normalized spacial score (nSPS) is 34.6. The first-order valence-electron chi connectivity index (χ1n) is 5.84. The van der Waals surface area contributed by atoms with E-state index in [4.69, 9.17) is 28.5 Å². The summed E-state index contributed by atoms with van der Waals surface area (Å²) in [7, 11) is 0. The van der Waals surface area contributed by atoms with E-state index < -0.39 is 35.1 Å². The van der Waals surface area contributed by atoms with Crippen LogP contribution in [-0.4, -0.2) is 43.0 Å². The van der Waals surface area contributed by atoms with Gasteiger partial charge < -0.3 is 20.7 Å². The van der Waals surface area contributed by atoms with Gasteiger partial charge in [-0.15, -0.1) is 6.42 Å². The van der Waals surface area contributed by atoms with E-state index in [0.29, 0.717) is 0 Å². The van der Waals surface area contributed by atoms with Crippen molar-refractivity contribution in [1.29, 1.82) is 0 Å². The zero-order valence-corrected chi connectivity index (χ0v) is 11.4. The van der Waals surface area contributed by atoms with Crippen molar-refractivity contribution in [1.82, 2.24) is 9.55 Å². The van der Waals surface area contributed by atoms with Gasteiger partial charge in [0.15, 0.2) is 11.1 Å². The Labute approximate surface area is 120 Å². The van der Waals surface area contributed by atoms with Gasteiger partial charge in [-0.1, -0.05) is 17.5 Å². The van der Waals surface area contributed by atoms with E-state index >= 15 is 0 Å². The number of aromatic nitrogens is 2. The number of anilines is 1. The number of aliphatic hydroxyl groups is 2. The van der Waals surface area contributed by atoms with E-state index in [2.05, 4.69) is 10.9 Å². The van der Waals surface area contributed by atoms with Gasteiger partial charge in [0.05, 0.1) is 6.10 Å². The summed E-state index contributed by atoms with van der Waals surface area (Å²) >= 11 is 6.22. The standard InChI is InChI=1S/C12H14ClN3O4/c1-3-12(13)9(18)8(6(2)17)20-10(12)16-5-4-7(14)15-11(16)19/h1,4-6,8-10,17-18H,2H3,(H2,14,15,19)/t6-,8-,9?,10-,12-/m1/s1. The van der Waals surface area contributed by atoms with Gasteiger partial charge in [-0.05, 0) is 13.0 Å². The lowest BCUT2D eigenvalue weighted by molar-refractivity contribution is -0.0773. The summed E-state index contributed by atoms with van der Waals surface area (Å²) in [6.07, 6.45) is 2.15. The molecule has 20 heavy (non-hydrogen) atoms. The summed E-state index contributed by atoms with van der Waals surface area (Å²) in [4.78, 5) is 13.7. The highest BCUT2D eigenvalue weighted by molar-refractivity contribution is 6.27. The number of hydrogen-bond donors (Lipinski definition) is 3. The third-order valence-electron chi connectivity index (χ3n) is 3.19. The molecule has 7 nitrogen and oxygen atoms in total. The maximum absolute atomic E-state index is 11.8. The van der Waals surface area contributed by atoms with Crippen molar-refractivity contribution in [3.8, 4) is 12.3 Å². The predicted molar refractivity (Wildman–Crippen MR) is 71.9 cm³/mol. The molecule has 1 unspecified atom stereocenters. The van der Waals surface area contributed by atoms with Gasteiger partial charge in [0.25, 0.3) is 0 Å². The SMILES string of the molecule is C#C[C@@]1(Cl)C(O)[C@@H]([C@@H](C)O)O[C@H]1n1ccc(N)nc1=O. The minimum Gasteiger partial charge on any atom is -0.391 e. The topological polar surface area (TPSA) is 111 Å². The molecule has 108 valence electrons. The Bertz CT molecular complexity index is 611. The third kappa shape index (κ3) is 2.17. The maximum Gasteiger partial charge on any atom is 0.351 e. The van der Waals surface area contributed by atoms with Crippen molar-refractivity contribution in [2.24, 2.45) is 0 Å². The minimum atomic E-state index is -1.69. The molecular weight excluding hydrogens is 286 g/mol. The highest BCUT2D eigenvalue weighted by Crippen LogP contribution is 2.43. The van der Waals surface area contributed by atoms with Gasteiger partial charge in [0.2, 0.25) is 0 Å². The van der Waals surface area contributed by atoms with Crippen LogP contribution in [0.3, 0.4) is 0 Å². The first kappa shape index (κ1) is 14.8. The number of ether oxygens (including phenoxy) is 1. The van der Waals surface area contributed by atoms with Crippen LogP contribution >= 0.6 is 11.6 Å². The lowest BCUT2D eigenvalue weighted by Crippen LogP contribution is -2.44. The number of nitrogen functional groups attached to an aromatic ring is 1. The Morgan fingerprint density at radius 3 is 2.90 bits per heavy atom. The van der Waals surface area contributed by atoms with Gasteiger partial charge in [-0.25, -0.2) is 4.79 Å². The highest BCUT2D eigenvalue weighted by Gasteiger charge is 2.57. The van der Waals surface area contributed by atoms with Crippen molar-refractivity contribution in [2.75, 3.05) is 5.73 Å². The van der Waals surface area contributed by atoms with E-state index in [9.17, 15) is 15.0 Å². The number of aliphatic hydroxyl groups excluding tert-OH is 2. The van der Waals surface area contributed by atoms with Crippen molar-refractivity contribution >= 4 is 17.4 Å². The van der Waals surface area contributed by atoms with Crippen LogP contribution < -0.4 is 11.4 Å². The van der Waals surface area contributed by atoms with Crippen LogP contribution in [0.5, 0.6) is 0 Å². The Morgan fingerprint density at radius 1 is 1.75 bits per heavy atom. The zero-order chi connectivity index (χ0) is 15.1. The molecule has 0 spiro atoms. The van der Waals surface area contributed by atoms with Crippen molar-refractivity contribution < 1.29 is 14.9 Å². The van der Waals surface area contributed by atoms with Crippen LogP contribution in [-0.2, 0) is 4.74 Å². The molecule has 1 aliphatic rings. The number of nitrogens with two attached hydrogens (primary N) is 1. The summed E-state index contributed by atoms with van der Waals surface area (Å²) < 4.78 is 6.49. The van der Waals surface area contributed by atoms with Gasteiger partial charge in [0.1, 0.15) is 18.0 Å². The molecule has 1 fully saturated rings. The van der Waals surface area contributed by atoms with Crippen LogP contribution in [0, 0.1) is 12.3 Å². The fraction of sp³-hybridized carbons (Fsp3) is 0.500. The molecule has 1 aromatic rings. The molecule has 0 amide bonds. The maximum atomic E-state index is 11.8. The summed E-state index contributed by atoms with van der Waals surface area (Å²) in [6.45, 7) is 1.42. The smallest absolute Gasteiger partial charge is 0.351 e. The van der Waals surface area contributed by atoms with Crippen LogP contribution in [0.25, 0.3) is 0 Å². The van der Waals surface area contributed by atoms with Gasteiger partial charge in [-0.3, -0.25) is 4.57 Å². The molecule has 4 N–H and O–H groups in total. The monoisotopic (exact) mass is 299 g/mol. The number of rotatable bonds is 2. The Balaban J connectivity index is 2.50. The Morgan fingerprint density at radius 2 is 2.40 bits per heavy atom. The largest absolute Gasteiger partial charge is 0.391 e. The summed E-state index contributed by atoms with van der Waals surface area (Å²) in [5.74, 6) is 2.27. The highest BCUT2D eigenvalue weighted by atomic mass is 35.5. The van der Waals surface area contributed by atoms with E-state index in [-0.39, 0.29) is 5.82 Å². The van der Waals surface area contributed by atoms with Crippen LogP contribution in [0.15, 0.2) is 17.1 Å². The molecule has 2 rings (SSSR count). The molecule has 8 heteroatoms. The zero-order valence-electron chi connectivity index (χ0n) is 10.6. The van der Waals surface area contributed by atoms with Gasteiger partial charge in [-0.2, -0.15) is 4.98 Å². The molecule has 0 aliphatic carbocycles. The quantitative estimate of drug-likeness (QED) is 0.481. The van der Waals surface area contributed by atoms with Gasteiger partial charge in [0, 0.05) is 6.20 Å². The second-order valence-electron chi connectivity index (χ2n) is 4.59. The number of alkyl halides is 1.